The Bertz CT molecular complexity index is 1750. The first kappa shape index (κ1) is 27.8. The number of pyridine rings is 2. The normalized spacial score (nSPS) is 18.7. The van der Waals surface area contributed by atoms with Crippen LogP contribution < -0.4 is 15.2 Å². The third-order valence-electron chi connectivity index (χ3n) is 8.79. The maximum absolute atomic E-state index is 13.5. The molecule has 2 aliphatic rings. The first-order chi connectivity index (χ1) is 20.0. The summed E-state index contributed by atoms with van der Waals surface area (Å²) in [6.07, 6.45) is 3.20. The van der Waals surface area contributed by atoms with Crippen molar-refractivity contribution in [3.05, 3.63) is 82.2 Å². The maximum atomic E-state index is 13.5. The van der Waals surface area contributed by atoms with Crippen LogP contribution in [0.15, 0.2) is 48.5 Å². The molecule has 1 amide bonds. The summed E-state index contributed by atoms with van der Waals surface area (Å²) in [7, 11) is 1.58. The van der Waals surface area contributed by atoms with Crippen LogP contribution in [0, 0.1) is 6.92 Å². The summed E-state index contributed by atoms with van der Waals surface area (Å²) in [6, 6.07) is 15.2. The average Bonchev–Trinajstić information content (AvgIpc) is 3.58. The lowest BCUT2D eigenvalue weighted by atomic mass is 9.81. The molecule has 0 radical (unpaired) electrons. The number of ether oxygens (including phenoxy) is 2. The van der Waals surface area contributed by atoms with Crippen LogP contribution in [0.4, 0.5) is 0 Å². The van der Waals surface area contributed by atoms with Gasteiger partial charge in [-0.25, -0.2) is 9.97 Å². The predicted octanol–water partition coefficient (Wildman–Crippen LogP) is 5.11. The lowest BCUT2D eigenvalue weighted by molar-refractivity contribution is -0.123. The first-order valence-electron chi connectivity index (χ1n) is 14.3. The second-order valence-electron chi connectivity index (χ2n) is 12.0. The Kier molecular flexibility index (Phi) is 6.77. The lowest BCUT2D eigenvalue weighted by Gasteiger charge is -2.26. The van der Waals surface area contributed by atoms with Crippen molar-refractivity contribution in [3.8, 4) is 22.8 Å². The van der Waals surface area contributed by atoms with E-state index in [9.17, 15) is 14.7 Å². The molecule has 2 aromatic heterocycles. The Labute approximate surface area is 244 Å². The third kappa shape index (κ3) is 4.69. The van der Waals surface area contributed by atoms with E-state index in [4.69, 9.17) is 25.2 Å². The number of aliphatic hydroxyl groups is 1. The number of Topliss-reactive ketones (excluding diaryl/α,β-unsaturated/α-hetero) is 1. The van der Waals surface area contributed by atoms with Crippen molar-refractivity contribution in [1.29, 1.82) is 0 Å². The van der Waals surface area contributed by atoms with Gasteiger partial charge in [0.05, 0.1) is 12.8 Å². The quantitative estimate of drug-likeness (QED) is 0.285. The van der Waals surface area contributed by atoms with Crippen LogP contribution in [0.1, 0.15) is 71.5 Å². The molecule has 216 valence electrons. The molecule has 6 rings (SSSR count). The number of aromatic nitrogens is 2. The highest BCUT2D eigenvalue weighted by Gasteiger charge is 2.45. The molecular weight excluding hydrogens is 530 g/mol. The average molecular weight is 566 g/mol. The monoisotopic (exact) mass is 565 g/mol. The van der Waals surface area contributed by atoms with Crippen molar-refractivity contribution in [3.63, 3.8) is 0 Å². The number of rotatable bonds is 8. The molecule has 4 aromatic rings. The van der Waals surface area contributed by atoms with E-state index in [2.05, 4.69) is 6.07 Å². The largest absolute Gasteiger partial charge is 0.494 e. The van der Waals surface area contributed by atoms with Crippen LogP contribution in [-0.4, -0.2) is 40.5 Å². The predicted molar refractivity (Wildman–Crippen MR) is 160 cm³/mol. The van der Waals surface area contributed by atoms with Gasteiger partial charge in [0.2, 0.25) is 5.91 Å². The van der Waals surface area contributed by atoms with Gasteiger partial charge in [0, 0.05) is 34.2 Å². The van der Waals surface area contributed by atoms with Crippen LogP contribution >= 0.6 is 0 Å². The topological polar surface area (TPSA) is 125 Å². The van der Waals surface area contributed by atoms with Gasteiger partial charge in [-0.15, -0.1) is 0 Å². The van der Waals surface area contributed by atoms with Gasteiger partial charge in [0.25, 0.3) is 0 Å². The number of fused-ring (bicyclic) bond motifs is 3. The van der Waals surface area contributed by atoms with E-state index in [0.29, 0.717) is 34.0 Å². The molecule has 0 spiro atoms. The molecule has 42 heavy (non-hydrogen) atoms. The first-order valence-corrected chi connectivity index (χ1v) is 14.3. The summed E-state index contributed by atoms with van der Waals surface area (Å²) >= 11 is 0. The second-order valence-corrected chi connectivity index (χ2v) is 12.0. The lowest BCUT2D eigenvalue weighted by Crippen LogP contribution is -2.40. The summed E-state index contributed by atoms with van der Waals surface area (Å²) in [5, 5.41) is 12.6. The molecule has 1 aliphatic heterocycles. The minimum absolute atomic E-state index is 0.0717. The van der Waals surface area contributed by atoms with E-state index in [0.717, 1.165) is 47.0 Å². The fourth-order valence-corrected chi connectivity index (χ4v) is 5.93. The molecule has 8 nitrogen and oxygen atoms in total. The molecule has 0 unspecified atom stereocenters. The summed E-state index contributed by atoms with van der Waals surface area (Å²) in [5.41, 5.74) is 10.2. The smallest absolute Gasteiger partial charge is 0.231 e. The van der Waals surface area contributed by atoms with Crippen LogP contribution in [-0.2, 0) is 28.7 Å². The molecule has 2 aromatic carbocycles. The number of nitrogens with two attached hydrogens (primary N) is 1. The van der Waals surface area contributed by atoms with E-state index < -0.39 is 16.9 Å². The summed E-state index contributed by atoms with van der Waals surface area (Å²) in [4.78, 5) is 35.6. The number of nitrogens with zero attached hydrogens (tertiary/aromatic N) is 2. The third-order valence-corrected chi connectivity index (χ3v) is 8.79. The highest BCUT2D eigenvalue weighted by Crippen LogP contribution is 2.46. The van der Waals surface area contributed by atoms with E-state index in [-0.39, 0.29) is 25.2 Å². The van der Waals surface area contributed by atoms with E-state index >= 15 is 0 Å². The van der Waals surface area contributed by atoms with E-state index in [1.54, 1.807) is 33.1 Å². The number of methoxy groups -OCH3 is 1. The molecule has 0 fully saturated rings. The maximum Gasteiger partial charge on any atom is 0.231 e. The Balaban J connectivity index is 1.33. The molecule has 2 atom stereocenters. The van der Waals surface area contributed by atoms with Gasteiger partial charge in [0.15, 0.2) is 5.78 Å². The number of carbonyl (C=O) groups is 2. The molecule has 0 saturated carbocycles. The molecule has 8 heteroatoms. The van der Waals surface area contributed by atoms with Gasteiger partial charge in [-0.1, -0.05) is 29.8 Å². The minimum Gasteiger partial charge on any atom is -0.494 e. The Morgan fingerprint density at radius 3 is 2.60 bits per heavy atom. The Morgan fingerprint density at radius 2 is 1.88 bits per heavy atom. The SMILES string of the molecule is COc1cc(C(=O)CC[C@](C)(O)c2cc3c(c(-c4ccc(C)cc4)n2)OC[C@]3(C)C(N)=O)cc2cc3c(nc12)CCC3. The number of amides is 1. The number of aryl methyl sites for hydroxylation is 3. The van der Waals surface area contributed by atoms with Gasteiger partial charge in [-0.05, 0) is 76.3 Å². The standard InChI is InChI=1S/C34H35N3O5/c1-19-8-10-20(11-9-19)30-31-24(33(2,18-42-31)32(35)39)17-28(37-30)34(3,40)13-12-26(38)22-15-23-14-21-6-5-7-25(21)36-29(23)27(16-22)41-4/h8-11,14-17,40H,5-7,12-13,18H2,1-4H3,(H2,35,39)/t33-,34-/m0/s1. The van der Waals surface area contributed by atoms with Crippen LogP contribution in [0.2, 0.25) is 0 Å². The van der Waals surface area contributed by atoms with Gasteiger partial charge in [0.1, 0.15) is 40.3 Å². The Morgan fingerprint density at radius 1 is 1.12 bits per heavy atom. The van der Waals surface area contributed by atoms with E-state index in [1.165, 1.54) is 5.56 Å². The highest BCUT2D eigenvalue weighted by molar-refractivity contribution is 6.01. The van der Waals surface area contributed by atoms with Gasteiger partial charge in [-0.2, -0.15) is 0 Å². The van der Waals surface area contributed by atoms with Crippen molar-refractivity contribution in [2.24, 2.45) is 5.73 Å². The van der Waals surface area contributed by atoms with Crippen molar-refractivity contribution in [1.82, 2.24) is 9.97 Å². The van der Waals surface area contributed by atoms with Crippen LogP contribution in [0.3, 0.4) is 0 Å². The highest BCUT2D eigenvalue weighted by atomic mass is 16.5. The summed E-state index contributed by atoms with van der Waals surface area (Å²) in [6.45, 7) is 5.46. The molecule has 1 aliphatic carbocycles. The molecule has 3 N–H and O–H groups in total. The van der Waals surface area contributed by atoms with Crippen LogP contribution in [0.25, 0.3) is 22.2 Å². The number of primary amides is 1. The number of hydrogen-bond donors (Lipinski definition) is 2. The fourth-order valence-electron chi connectivity index (χ4n) is 5.93. The van der Waals surface area contributed by atoms with Crippen molar-refractivity contribution in [2.75, 3.05) is 13.7 Å². The molecule has 0 saturated heterocycles. The van der Waals surface area contributed by atoms with Crippen LogP contribution in [0.5, 0.6) is 11.5 Å². The van der Waals surface area contributed by atoms with Gasteiger partial charge < -0.3 is 20.3 Å². The van der Waals surface area contributed by atoms with E-state index in [1.807, 2.05) is 37.3 Å². The van der Waals surface area contributed by atoms with Crippen molar-refractivity contribution >= 4 is 22.6 Å². The summed E-state index contributed by atoms with van der Waals surface area (Å²) in [5.74, 6) is 0.403. The van der Waals surface area contributed by atoms with Crippen molar-refractivity contribution < 1.29 is 24.2 Å². The molecule has 0 bridgehead atoms. The number of carbonyl (C=O) groups excluding carboxylic acids is 2. The van der Waals surface area contributed by atoms with Gasteiger partial charge in [-0.3, -0.25) is 9.59 Å². The zero-order valence-electron chi connectivity index (χ0n) is 24.4. The summed E-state index contributed by atoms with van der Waals surface area (Å²) < 4.78 is 11.6. The number of hydrogen-bond acceptors (Lipinski definition) is 7. The second kappa shape index (κ2) is 10.2. The zero-order valence-corrected chi connectivity index (χ0v) is 24.4. The van der Waals surface area contributed by atoms with Crippen molar-refractivity contribution in [2.45, 2.75) is 63.9 Å². The molecule has 3 heterocycles. The van der Waals surface area contributed by atoms with Gasteiger partial charge >= 0.3 is 0 Å². The zero-order chi connectivity index (χ0) is 29.8. The fraction of sp³-hybridized carbons (Fsp3) is 0.353. The Hall–Kier alpha value is -4.30. The minimum atomic E-state index is -1.48. The number of ketones is 1. The number of benzene rings is 2. The molecular formula is C34H35N3O5.